The molecular weight excluding hydrogens is 274 g/mol. The molecule has 1 amide bonds. The number of benzene rings is 1. The minimum atomic E-state index is 0.0301. The Morgan fingerprint density at radius 2 is 2.09 bits per heavy atom. The normalized spacial score (nSPS) is 20.3. The maximum absolute atomic E-state index is 12.7. The van der Waals surface area contributed by atoms with Crippen molar-refractivity contribution in [1.29, 1.82) is 0 Å². The smallest absolute Gasteiger partial charge is 0.274 e. The molecule has 2 aromatic rings. The molecular formula is C18H23N3O. The second-order valence-corrected chi connectivity index (χ2v) is 6.77. The molecule has 0 radical (unpaired) electrons. The summed E-state index contributed by atoms with van der Waals surface area (Å²) in [5, 5.41) is 7.09. The van der Waals surface area contributed by atoms with Crippen molar-refractivity contribution in [1.82, 2.24) is 15.1 Å². The van der Waals surface area contributed by atoms with Gasteiger partial charge in [0.1, 0.15) is 5.69 Å². The fourth-order valence-electron chi connectivity index (χ4n) is 3.35. The summed E-state index contributed by atoms with van der Waals surface area (Å²) in [5.41, 5.74) is 2.91. The third kappa shape index (κ3) is 2.65. The van der Waals surface area contributed by atoms with Crippen LogP contribution in [-0.2, 0) is 6.42 Å². The molecule has 4 nitrogen and oxygen atoms in total. The molecule has 2 heterocycles. The number of aryl methyl sites for hydroxylation is 1. The molecule has 116 valence electrons. The number of carbonyl (C=O) groups excluding carboxylic acids is 1. The van der Waals surface area contributed by atoms with Crippen LogP contribution in [0.25, 0.3) is 0 Å². The average Bonchev–Trinajstić information content (AvgIpc) is 3.11. The maximum Gasteiger partial charge on any atom is 0.274 e. The molecule has 0 bridgehead atoms. The molecule has 1 aromatic heterocycles. The third-order valence-electron chi connectivity index (χ3n) is 4.66. The number of hydrogen-bond acceptors (Lipinski definition) is 2. The van der Waals surface area contributed by atoms with E-state index in [9.17, 15) is 4.79 Å². The van der Waals surface area contributed by atoms with Crippen LogP contribution in [0.2, 0.25) is 0 Å². The largest absolute Gasteiger partial charge is 0.336 e. The number of aromatic nitrogens is 2. The predicted molar refractivity (Wildman–Crippen MR) is 86.8 cm³/mol. The highest BCUT2D eigenvalue weighted by molar-refractivity contribution is 5.92. The van der Waals surface area contributed by atoms with Gasteiger partial charge in [0, 0.05) is 24.7 Å². The van der Waals surface area contributed by atoms with Crippen molar-refractivity contribution in [2.75, 3.05) is 13.1 Å². The maximum atomic E-state index is 12.7. The van der Waals surface area contributed by atoms with Gasteiger partial charge in [-0.15, -0.1) is 0 Å². The first-order valence-electron chi connectivity index (χ1n) is 7.90. The van der Waals surface area contributed by atoms with E-state index >= 15 is 0 Å². The van der Waals surface area contributed by atoms with Crippen molar-refractivity contribution >= 4 is 5.91 Å². The topological polar surface area (TPSA) is 49.0 Å². The lowest BCUT2D eigenvalue weighted by atomic mass is 9.78. The molecule has 0 spiro atoms. The number of nitrogens with one attached hydrogen (secondary N) is 1. The molecule has 1 saturated heterocycles. The summed E-state index contributed by atoms with van der Waals surface area (Å²) in [6.45, 7) is 8.04. The Bertz CT molecular complexity index is 660. The lowest BCUT2D eigenvalue weighted by Gasteiger charge is -2.25. The van der Waals surface area contributed by atoms with Gasteiger partial charge >= 0.3 is 0 Å². The number of likely N-dealkylation sites (tertiary alicyclic amines) is 1. The van der Waals surface area contributed by atoms with E-state index in [0.717, 1.165) is 25.2 Å². The SMILES string of the molecule is CCc1cc(C(=O)N2C[C@@H](c3ccccc3)C(C)(C)C2)n[nH]1. The molecule has 22 heavy (non-hydrogen) atoms. The fourth-order valence-corrected chi connectivity index (χ4v) is 3.35. The van der Waals surface area contributed by atoms with Gasteiger partial charge in [0.15, 0.2) is 0 Å². The van der Waals surface area contributed by atoms with E-state index in [0.29, 0.717) is 11.6 Å². The summed E-state index contributed by atoms with van der Waals surface area (Å²) in [4.78, 5) is 14.6. The van der Waals surface area contributed by atoms with Crippen LogP contribution in [0.3, 0.4) is 0 Å². The standard InChI is InChI=1S/C18H23N3O/c1-4-14-10-16(20-19-14)17(22)21-11-15(18(2,3)12-21)13-8-6-5-7-9-13/h5-10,15H,4,11-12H2,1-3H3,(H,19,20)/t15-/m0/s1. The molecule has 0 aliphatic carbocycles. The highest BCUT2D eigenvalue weighted by Gasteiger charge is 2.42. The van der Waals surface area contributed by atoms with Gasteiger partial charge in [-0.2, -0.15) is 5.10 Å². The van der Waals surface area contributed by atoms with Crippen molar-refractivity contribution in [2.24, 2.45) is 5.41 Å². The Morgan fingerprint density at radius 3 is 2.73 bits per heavy atom. The Hall–Kier alpha value is -2.10. The molecule has 1 aliphatic heterocycles. The van der Waals surface area contributed by atoms with Crippen LogP contribution in [0.5, 0.6) is 0 Å². The van der Waals surface area contributed by atoms with Gasteiger partial charge in [-0.25, -0.2) is 0 Å². The van der Waals surface area contributed by atoms with E-state index in [1.807, 2.05) is 24.0 Å². The van der Waals surface area contributed by atoms with Gasteiger partial charge in [-0.1, -0.05) is 51.1 Å². The van der Waals surface area contributed by atoms with Crippen molar-refractivity contribution in [3.63, 3.8) is 0 Å². The predicted octanol–water partition coefficient (Wildman–Crippen LogP) is 3.24. The van der Waals surface area contributed by atoms with E-state index in [4.69, 9.17) is 0 Å². The minimum absolute atomic E-state index is 0.0301. The quantitative estimate of drug-likeness (QED) is 0.945. The van der Waals surface area contributed by atoms with Crippen LogP contribution in [-0.4, -0.2) is 34.1 Å². The summed E-state index contributed by atoms with van der Waals surface area (Å²) in [7, 11) is 0. The molecule has 4 heteroatoms. The summed E-state index contributed by atoms with van der Waals surface area (Å²) in [6, 6.07) is 12.3. The third-order valence-corrected chi connectivity index (χ3v) is 4.66. The van der Waals surface area contributed by atoms with Crippen molar-refractivity contribution in [2.45, 2.75) is 33.1 Å². The zero-order valence-electron chi connectivity index (χ0n) is 13.5. The highest BCUT2D eigenvalue weighted by Crippen LogP contribution is 2.42. The Kier molecular flexibility index (Phi) is 3.77. The van der Waals surface area contributed by atoms with Crippen molar-refractivity contribution < 1.29 is 4.79 Å². The van der Waals surface area contributed by atoms with Crippen molar-refractivity contribution in [3.05, 3.63) is 53.3 Å². The molecule has 3 rings (SSSR count). The number of rotatable bonds is 3. The average molecular weight is 297 g/mol. The van der Waals surface area contributed by atoms with Gasteiger partial charge in [-0.3, -0.25) is 9.89 Å². The van der Waals surface area contributed by atoms with Crippen LogP contribution in [0, 0.1) is 5.41 Å². The van der Waals surface area contributed by atoms with E-state index < -0.39 is 0 Å². The minimum Gasteiger partial charge on any atom is -0.336 e. The van der Waals surface area contributed by atoms with Crippen LogP contribution in [0.15, 0.2) is 36.4 Å². The fraction of sp³-hybridized carbons (Fsp3) is 0.444. The zero-order valence-corrected chi connectivity index (χ0v) is 13.5. The van der Waals surface area contributed by atoms with Crippen LogP contribution in [0.4, 0.5) is 0 Å². The Balaban J connectivity index is 1.81. The number of hydrogen-bond donors (Lipinski definition) is 1. The van der Waals surface area contributed by atoms with Gasteiger partial charge in [-0.05, 0) is 23.5 Å². The summed E-state index contributed by atoms with van der Waals surface area (Å²) in [5.74, 6) is 0.393. The number of H-pyrrole nitrogens is 1. The number of nitrogens with zero attached hydrogens (tertiary/aromatic N) is 2. The van der Waals surface area contributed by atoms with E-state index in [1.54, 1.807) is 0 Å². The first-order chi connectivity index (χ1) is 10.5. The Labute approximate surface area is 131 Å². The highest BCUT2D eigenvalue weighted by atomic mass is 16.2. The van der Waals surface area contributed by atoms with Gasteiger partial charge in [0.2, 0.25) is 0 Å². The first-order valence-corrected chi connectivity index (χ1v) is 7.90. The molecule has 1 fully saturated rings. The molecule has 1 aliphatic rings. The van der Waals surface area contributed by atoms with Gasteiger partial charge in [0.25, 0.3) is 5.91 Å². The van der Waals surface area contributed by atoms with Crippen LogP contribution < -0.4 is 0 Å². The second-order valence-electron chi connectivity index (χ2n) is 6.77. The molecule has 1 aromatic carbocycles. The van der Waals surface area contributed by atoms with Gasteiger partial charge < -0.3 is 4.90 Å². The van der Waals surface area contributed by atoms with Crippen LogP contribution in [0.1, 0.15) is 48.4 Å². The molecule has 1 N–H and O–H groups in total. The van der Waals surface area contributed by atoms with Gasteiger partial charge in [0.05, 0.1) is 0 Å². The monoisotopic (exact) mass is 297 g/mol. The number of carbonyl (C=O) groups is 1. The van der Waals surface area contributed by atoms with E-state index in [2.05, 4.69) is 48.3 Å². The number of aromatic amines is 1. The van der Waals surface area contributed by atoms with E-state index in [-0.39, 0.29) is 11.3 Å². The van der Waals surface area contributed by atoms with Crippen molar-refractivity contribution in [3.8, 4) is 0 Å². The molecule has 0 unspecified atom stereocenters. The summed E-state index contributed by atoms with van der Waals surface area (Å²) >= 11 is 0. The number of amides is 1. The molecule has 1 atom stereocenters. The summed E-state index contributed by atoms with van der Waals surface area (Å²) in [6.07, 6.45) is 0.860. The molecule has 0 saturated carbocycles. The van der Waals surface area contributed by atoms with Crippen LogP contribution >= 0.6 is 0 Å². The second kappa shape index (κ2) is 5.59. The Morgan fingerprint density at radius 1 is 1.36 bits per heavy atom. The zero-order chi connectivity index (χ0) is 15.7. The summed E-state index contributed by atoms with van der Waals surface area (Å²) < 4.78 is 0. The lowest BCUT2D eigenvalue weighted by molar-refractivity contribution is 0.0772. The van der Waals surface area contributed by atoms with E-state index in [1.165, 1.54) is 5.56 Å². The lowest BCUT2D eigenvalue weighted by Crippen LogP contribution is -2.30. The first kappa shape index (κ1) is 14.8.